The van der Waals surface area contributed by atoms with E-state index in [1.807, 2.05) is 11.1 Å². The van der Waals surface area contributed by atoms with Crippen LogP contribution >= 0.6 is 11.3 Å². The average Bonchev–Trinajstić information content (AvgIpc) is 2.88. The lowest BCUT2D eigenvalue weighted by atomic mass is 9.44. The molecule has 1 heteroatoms. The molecular weight excluding hydrogens is 344 g/mol. The normalized spacial score (nSPS) is 52.1. The van der Waals surface area contributed by atoms with Crippen molar-refractivity contribution < 1.29 is 0 Å². The molecule has 0 aliphatic heterocycles. The summed E-state index contributed by atoms with van der Waals surface area (Å²) in [6.07, 6.45) is 18.8. The highest BCUT2D eigenvalue weighted by Gasteiger charge is 2.57. The molecule has 0 unspecified atom stereocenters. The monoisotopic (exact) mass is 380 g/mol. The van der Waals surface area contributed by atoms with Crippen LogP contribution in [0.3, 0.4) is 0 Å². The van der Waals surface area contributed by atoms with Gasteiger partial charge in [-0.3, -0.25) is 0 Å². The molecule has 8 saturated carbocycles. The smallest absolute Gasteiger partial charge is 0.00577 e. The first-order valence-electron chi connectivity index (χ1n) is 12.1. The Hall–Kier alpha value is -0.300. The zero-order valence-electron chi connectivity index (χ0n) is 17.4. The van der Waals surface area contributed by atoms with Gasteiger partial charge in [0.05, 0.1) is 0 Å². The molecule has 0 aromatic carbocycles. The van der Waals surface area contributed by atoms with Gasteiger partial charge < -0.3 is 0 Å². The highest BCUT2D eigenvalue weighted by Crippen LogP contribution is 2.67. The highest BCUT2D eigenvalue weighted by atomic mass is 32.1. The van der Waals surface area contributed by atoms with Crippen LogP contribution in [-0.2, 0) is 10.8 Å². The second-order valence-corrected chi connectivity index (χ2v) is 13.8. The van der Waals surface area contributed by atoms with Gasteiger partial charge in [-0.2, -0.15) is 0 Å². The lowest BCUT2D eigenvalue weighted by molar-refractivity contribution is -0.0174. The van der Waals surface area contributed by atoms with E-state index in [0.717, 1.165) is 35.5 Å². The van der Waals surface area contributed by atoms with Crippen LogP contribution in [0.5, 0.6) is 0 Å². The molecule has 0 N–H and O–H groups in total. The minimum atomic E-state index is 0.599. The van der Waals surface area contributed by atoms with Crippen molar-refractivity contribution in [2.45, 2.75) is 102 Å². The van der Waals surface area contributed by atoms with Gasteiger partial charge in [0, 0.05) is 9.75 Å². The third kappa shape index (κ3) is 2.16. The van der Waals surface area contributed by atoms with E-state index in [9.17, 15) is 0 Å². The molecule has 0 spiro atoms. The number of hydrogen-bond acceptors (Lipinski definition) is 1. The maximum atomic E-state index is 2.51. The Kier molecular flexibility index (Phi) is 3.20. The fourth-order valence-electron chi connectivity index (χ4n) is 10.8. The standard InChI is InChI=1S/C26H36S/c1-15-23(25-9-17-3-18(10-25)5-19(4-17)11-25)24(16(2)27-15)26-12-20-6-21(13-26)8-22(7-20)14-26/h17-22H,3-14H2,1-2H3. The molecule has 8 aliphatic rings. The third-order valence-electron chi connectivity index (χ3n) is 10.4. The Labute approximate surface area is 169 Å². The van der Waals surface area contributed by atoms with Crippen molar-refractivity contribution in [3.8, 4) is 0 Å². The Bertz CT molecular complexity index is 660. The number of aryl methyl sites for hydroxylation is 2. The summed E-state index contributed by atoms with van der Waals surface area (Å²) < 4.78 is 0. The molecular formula is C26H36S. The number of hydrogen-bond donors (Lipinski definition) is 0. The lowest BCUT2D eigenvalue weighted by Gasteiger charge is -2.60. The molecule has 1 aromatic rings. The van der Waals surface area contributed by atoms with E-state index in [1.54, 1.807) is 86.8 Å². The molecule has 1 heterocycles. The van der Waals surface area contributed by atoms with E-state index < -0.39 is 0 Å². The summed E-state index contributed by atoms with van der Waals surface area (Å²) in [5.74, 6) is 6.42. The second kappa shape index (κ2) is 5.24. The van der Waals surface area contributed by atoms with Crippen LogP contribution in [0, 0.1) is 49.4 Å². The molecule has 0 amide bonds. The van der Waals surface area contributed by atoms with Crippen molar-refractivity contribution in [1.29, 1.82) is 0 Å². The van der Waals surface area contributed by atoms with Crippen molar-refractivity contribution >= 4 is 11.3 Å². The van der Waals surface area contributed by atoms with Gasteiger partial charge >= 0.3 is 0 Å². The fraction of sp³-hybridized carbons (Fsp3) is 0.846. The van der Waals surface area contributed by atoms with Gasteiger partial charge in [0.25, 0.3) is 0 Å². The van der Waals surface area contributed by atoms with E-state index in [-0.39, 0.29) is 0 Å². The molecule has 0 atom stereocenters. The lowest BCUT2D eigenvalue weighted by Crippen LogP contribution is -2.52. The van der Waals surface area contributed by atoms with E-state index in [2.05, 4.69) is 25.2 Å². The van der Waals surface area contributed by atoms with Gasteiger partial charge in [0.15, 0.2) is 0 Å². The van der Waals surface area contributed by atoms with Crippen molar-refractivity contribution in [1.82, 2.24) is 0 Å². The van der Waals surface area contributed by atoms with Gasteiger partial charge in [0.2, 0.25) is 0 Å². The topological polar surface area (TPSA) is 0 Å². The Morgan fingerprint density at radius 3 is 1.04 bits per heavy atom. The van der Waals surface area contributed by atoms with Crippen LogP contribution < -0.4 is 0 Å². The predicted octanol–water partition coefficient (Wildman–Crippen LogP) is 7.30. The van der Waals surface area contributed by atoms with Crippen LogP contribution in [0.4, 0.5) is 0 Å². The van der Waals surface area contributed by atoms with E-state index in [0.29, 0.717) is 10.8 Å². The molecule has 27 heavy (non-hydrogen) atoms. The average molecular weight is 381 g/mol. The predicted molar refractivity (Wildman–Crippen MR) is 113 cm³/mol. The second-order valence-electron chi connectivity index (χ2n) is 12.4. The largest absolute Gasteiger partial charge is 0.145 e. The molecule has 1 aromatic heterocycles. The Balaban J connectivity index is 1.39. The van der Waals surface area contributed by atoms with E-state index in [1.165, 1.54) is 0 Å². The first kappa shape index (κ1) is 16.5. The quantitative estimate of drug-likeness (QED) is 0.505. The first-order chi connectivity index (χ1) is 13.0. The molecule has 146 valence electrons. The maximum absolute atomic E-state index is 2.51. The van der Waals surface area contributed by atoms with Crippen LogP contribution in [0.15, 0.2) is 0 Å². The first-order valence-corrected chi connectivity index (χ1v) is 12.9. The summed E-state index contributed by atoms with van der Waals surface area (Å²) in [4.78, 5) is 3.47. The summed E-state index contributed by atoms with van der Waals surface area (Å²) in [7, 11) is 0. The number of rotatable bonds is 2. The Morgan fingerprint density at radius 2 is 0.778 bits per heavy atom. The highest BCUT2D eigenvalue weighted by molar-refractivity contribution is 7.12. The molecule has 0 radical (unpaired) electrons. The SMILES string of the molecule is Cc1sc(C)c(C23CC4CC(CC(C4)C2)C3)c1C12CC3CC(CC(C3)C1)C2. The van der Waals surface area contributed by atoms with Crippen molar-refractivity contribution in [2.75, 3.05) is 0 Å². The van der Waals surface area contributed by atoms with Crippen molar-refractivity contribution in [3.05, 3.63) is 20.9 Å². The van der Waals surface area contributed by atoms with Crippen LogP contribution in [0.2, 0.25) is 0 Å². The van der Waals surface area contributed by atoms with Gasteiger partial charge in [-0.25, -0.2) is 0 Å². The molecule has 0 saturated heterocycles. The summed E-state index contributed by atoms with van der Waals surface area (Å²) in [6.45, 7) is 5.02. The van der Waals surface area contributed by atoms with Crippen LogP contribution in [0.25, 0.3) is 0 Å². The van der Waals surface area contributed by atoms with E-state index in [4.69, 9.17) is 0 Å². The van der Waals surface area contributed by atoms with Gasteiger partial charge in [-0.1, -0.05) is 0 Å². The summed E-state index contributed by atoms with van der Waals surface area (Å²) in [5, 5.41) is 0. The van der Waals surface area contributed by atoms with Gasteiger partial charge in [-0.05, 0) is 148 Å². The van der Waals surface area contributed by atoms with Crippen LogP contribution in [-0.4, -0.2) is 0 Å². The minimum Gasteiger partial charge on any atom is -0.145 e. The number of thiophene rings is 1. The van der Waals surface area contributed by atoms with Crippen LogP contribution in [0.1, 0.15) is 97.9 Å². The molecule has 8 fully saturated rings. The van der Waals surface area contributed by atoms with Gasteiger partial charge in [-0.15, -0.1) is 11.3 Å². The maximum Gasteiger partial charge on any atom is 0.00577 e. The molecule has 8 bridgehead atoms. The minimum absolute atomic E-state index is 0.599. The van der Waals surface area contributed by atoms with Gasteiger partial charge in [0.1, 0.15) is 0 Å². The van der Waals surface area contributed by atoms with Crippen molar-refractivity contribution in [3.63, 3.8) is 0 Å². The molecule has 0 nitrogen and oxygen atoms in total. The summed E-state index contributed by atoms with van der Waals surface area (Å²) in [6, 6.07) is 0. The fourth-order valence-corrected chi connectivity index (χ4v) is 12.1. The van der Waals surface area contributed by atoms with E-state index >= 15 is 0 Å². The van der Waals surface area contributed by atoms with Crippen molar-refractivity contribution in [2.24, 2.45) is 35.5 Å². The summed E-state index contributed by atoms with van der Waals surface area (Å²) in [5.41, 5.74) is 5.13. The molecule has 9 rings (SSSR count). The zero-order valence-corrected chi connectivity index (χ0v) is 18.2. The summed E-state index contributed by atoms with van der Waals surface area (Å²) >= 11 is 2.19. The molecule has 8 aliphatic carbocycles. The third-order valence-corrected chi connectivity index (χ3v) is 11.4. The zero-order chi connectivity index (χ0) is 18.0. The Morgan fingerprint density at radius 1 is 0.519 bits per heavy atom.